The van der Waals surface area contributed by atoms with E-state index >= 15 is 0 Å². The summed E-state index contributed by atoms with van der Waals surface area (Å²) < 4.78 is 29.1. The Bertz CT molecular complexity index is 797. The fraction of sp³-hybridized carbons (Fsp3) is 0.263. The van der Waals surface area contributed by atoms with Gasteiger partial charge >= 0.3 is 0 Å². The number of ether oxygens (including phenoxy) is 3. The van der Waals surface area contributed by atoms with Crippen LogP contribution in [-0.4, -0.2) is 32.1 Å². The minimum absolute atomic E-state index is 0.0283. The van der Waals surface area contributed by atoms with E-state index in [4.69, 9.17) is 14.2 Å². The first-order valence-corrected chi connectivity index (χ1v) is 8.32. The third-order valence-corrected chi connectivity index (χ3v) is 3.46. The van der Waals surface area contributed by atoms with Gasteiger partial charge in [-0.25, -0.2) is 4.39 Å². The summed E-state index contributed by atoms with van der Waals surface area (Å²) in [6.45, 7) is 2.28. The standard InChI is InChI=1S/C19H21FN2O5/c1-3-26-16-9-8-13(12-17(16)25-2)19(24)22-21-18(23)10-11-27-15-7-5-4-6-14(15)20/h4-9,12H,3,10-11H2,1-2H3,(H,21,23)(H,22,24). The van der Waals surface area contributed by atoms with Gasteiger partial charge < -0.3 is 14.2 Å². The summed E-state index contributed by atoms with van der Waals surface area (Å²) in [5.74, 6) is -0.496. The summed E-state index contributed by atoms with van der Waals surface area (Å²) in [6, 6.07) is 10.6. The first-order chi connectivity index (χ1) is 13.0. The lowest BCUT2D eigenvalue weighted by atomic mass is 10.2. The van der Waals surface area contributed by atoms with E-state index in [0.29, 0.717) is 23.7 Å². The first-order valence-electron chi connectivity index (χ1n) is 8.32. The zero-order valence-corrected chi connectivity index (χ0v) is 15.1. The molecule has 0 aromatic heterocycles. The van der Waals surface area contributed by atoms with E-state index in [2.05, 4.69) is 10.9 Å². The highest BCUT2D eigenvalue weighted by Gasteiger charge is 2.12. The number of methoxy groups -OCH3 is 1. The van der Waals surface area contributed by atoms with Crippen LogP contribution in [-0.2, 0) is 4.79 Å². The number of rotatable bonds is 8. The molecule has 0 aliphatic carbocycles. The van der Waals surface area contributed by atoms with Gasteiger partial charge in [0.1, 0.15) is 0 Å². The summed E-state index contributed by atoms with van der Waals surface area (Å²) in [5.41, 5.74) is 4.86. The summed E-state index contributed by atoms with van der Waals surface area (Å²) in [4.78, 5) is 23.9. The quantitative estimate of drug-likeness (QED) is 0.692. The van der Waals surface area contributed by atoms with E-state index in [9.17, 15) is 14.0 Å². The van der Waals surface area contributed by atoms with Crippen molar-refractivity contribution >= 4 is 11.8 Å². The number of halogens is 1. The van der Waals surface area contributed by atoms with Crippen molar-refractivity contribution in [2.24, 2.45) is 0 Å². The van der Waals surface area contributed by atoms with Crippen LogP contribution in [0.15, 0.2) is 42.5 Å². The van der Waals surface area contributed by atoms with Crippen molar-refractivity contribution in [3.63, 3.8) is 0 Å². The van der Waals surface area contributed by atoms with E-state index in [1.54, 1.807) is 24.3 Å². The number of amides is 2. The summed E-state index contributed by atoms with van der Waals surface area (Å²) in [7, 11) is 1.47. The molecule has 0 spiro atoms. The zero-order valence-electron chi connectivity index (χ0n) is 15.1. The van der Waals surface area contributed by atoms with Gasteiger partial charge in [0.15, 0.2) is 23.1 Å². The van der Waals surface area contributed by atoms with Crippen molar-refractivity contribution in [3.8, 4) is 17.2 Å². The molecule has 0 unspecified atom stereocenters. The Labute approximate surface area is 156 Å². The Balaban J connectivity index is 1.80. The Hall–Kier alpha value is -3.29. The van der Waals surface area contributed by atoms with Crippen LogP contribution in [0, 0.1) is 5.82 Å². The van der Waals surface area contributed by atoms with Crippen LogP contribution in [0.3, 0.4) is 0 Å². The van der Waals surface area contributed by atoms with Gasteiger partial charge in [0.05, 0.1) is 26.7 Å². The van der Waals surface area contributed by atoms with Crippen LogP contribution in [0.2, 0.25) is 0 Å². The van der Waals surface area contributed by atoms with Crippen LogP contribution in [0.5, 0.6) is 17.2 Å². The number of carbonyl (C=O) groups is 2. The molecule has 0 radical (unpaired) electrons. The topological polar surface area (TPSA) is 85.9 Å². The molecule has 27 heavy (non-hydrogen) atoms. The molecule has 2 aromatic carbocycles. The Kier molecular flexibility index (Phi) is 7.42. The molecule has 2 N–H and O–H groups in total. The first kappa shape index (κ1) is 20.0. The molecule has 0 fully saturated rings. The minimum atomic E-state index is -0.514. The van der Waals surface area contributed by atoms with Crippen molar-refractivity contribution < 1.29 is 28.2 Å². The number of hydrogen-bond donors (Lipinski definition) is 2. The van der Waals surface area contributed by atoms with Gasteiger partial charge in [0, 0.05) is 5.56 Å². The Morgan fingerprint density at radius 2 is 1.78 bits per heavy atom. The SMILES string of the molecule is CCOc1ccc(C(=O)NNC(=O)CCOc2ccccc2F)cc1OC. The number of hydrogen-bond acceptors (Lipinski definition) is 5. The number of nitrogens with one attached hydrogen (secondary N) is 2. The van der Waals surface area contributed by atoms with Crippen LogP contribution in [0.25, 0.3) is 0 Å². The molecular formula is C19H21FN2O5. The van der Waals surface area contributed by atoms with Gasteiger partial charge in [-0.15, -0.1) is 0 Å². The lowest BCUT2D eigenvalue weighted by Crippen LogP contribution is -2.42. The molecule has 144 valence electrons. The minimum Gasteiger partial charge on any atom is -0.493 e. The predicted octanol–water partition coefficient (Wildman–Crippen LogP) is 2.46. The maximum atomic E-state index is 13.4. The Morgan fingerprint density at radius 1 is 1.00 bits per heavy atom. The fourth-order valence-corrected chi connectivity index (χ4v) is 2.16. The number of benzene rings is 2. The number of para-hydroxylation sites is 1. The van der Waals surface area contributed by atoms with Gasteiger partial charge in [-0.1, -0.05) is 12.1 Å². The van der Waals surface area contributed by atoms with Gasteiger partial charge in [0.25, 0.3) is 5.91 Å². The zero-order chi connectivity index (χ0) is 19.6. The van der Waals surface area contributed by atoms with E-state index < -0.39 is 17.6 Å². The van der Waals surface area contributed by atoms with E-state index in [0.717, 1.165) is 0 Å². The lowest BCUT2D eigenvalue weighted by molar-refractivity contribution is -0.122. The molecule has 0 saturated carbocycles. The summed E-state index contributed by atoms with van der Waals surface area (Å²) in [6.07, 6.45) is -0.0544. The highest BCUT2D eigenvalue weighted by Crippen LogP contribution is 2.27. The van der Waals surface area contributed by atoms with Crippen LogP contribution in [0.4, 0.5) is 4.39 Å². The average molecular weight is 376 g/mol. The third kappa shape index (κ3) is 5.88. The van der Waals surface area contributed by atoms with Crippen molar-refractivity contribution in [2.75, 3.05) is 20.3 Å². The molecule has 0 saturated heterocycles. The van der Waals surface area contributed by atoms with Crippen molar-refractivity contribution in [3.05, 3.63) is 53.8 Å². The normalized spacial score (nSPS) is 10.0. The van der Waals surface area contributed by atoms with Crippen LogP contribution in [0.1, 0.15) is 23.7 Å². The highest BCUT2D eigenvalue weighted by molar-refractivity contribution is 5.96. The molecule has 0 atom stereocenters. The van der Waals surface area contributed by atoms with E-state index in [1.165, 1.54) is 25.3 Å². The molecule has 2 aromatic rings. The molecule has 7 nitrogen and oxygen atoms in total. The van der Waals surface area contributed by atoms with Crippen molar-refractivity contribution in [2.45, 2.75) is 13.3 Å². The average Bonchev–Trinajstić information content (AvgIpc) is 2.68. The monoisotopic (exact) mass is 376 g/mol. The molecule has 8 heteroatoms. The molecular weight excluding hydrogens is 355 g/mol. The van der Waals surface area contributed by atoms with E-state index in [1.807, 2.05) is 6.92 Å². The summed E-state index contributed by atoms with van der Waals surface area (Å²) >= 11 is 0. The molecule has 2 amide bonds. The molecule has 2 rings (SSSR count). The second kappa shape index (κ2) is 10.0. The van der Waals surface area contributed by atoms with Crippen molar-refractivity contribution in [1.82, 2.24) is 10.9 Å². The second-order valence-electron chi connectivity index (χ2n) is 5.33. The maximum Gasteiger partial charge on any atom is 0.269 e. The van der Waals surface area contributed by atoms with Gasteiger partial charge in [-0.3, -0.25) is 20.4 Å². The predicted molar refractivity (Wildman–Crippen MR) is 96.3 cm³/mol. The van der Waals surface area contributed by atoms with Crippen LogP contribution < -0.4 is 25.1 Å². The van der Waals surface area contributed by atoms with Crippen molar-refractivity contribution in [1.29, 1.82) is 0 Å². The number of hydrazine groups is 1. The molecule has 0 aliphatic heterocycles. The third-order valence-electron chi connectivity index (χ3n) is 3.46. The van der Waals surface area contributed by atoms with Gasteiger partial charge in [-0.05, 0) is 37.3 Å². The lowest BCUT2D eigenvalue weighted by Gasteiger charge is -2.12. The van der Waals surface area contributed by atoms with Gasteiger partial charge in [-0.2, -0.15) is 0 Å². The largest absolute Gasteiger partial charge is 0.493 e. The molecule has 0 bridgehead atoms. The second-order valence-corrected chi connectivity index (χ2v) is 5.33. The van der Waals surface area contributed by atoms with E-state index in [-0.39, 0.29) is 18.8 Å². The van der Waals surface area contributed by atoms with Gasteiger partial charge in [0.2, 0.25) is 5.91 Å². The smallest absolute Gasteiger partial charge is 0.269 e. The molecule has 0 aliphatic rings. The van der Waals surface area contributed by atoms with Crippen LogP contribution >= 0.6 is 0 Å². The number of carbonyl (C=O) groups excluding carboxylic acids is 2. The molecule has 0 heterocycles. The Morgan fingerprint density at radius 3 is 2.48 bits per heavy atom. The highest BCUT2D eigenvalue weighted by atomic mass is 19.1. The fourth-order valence-electron chi connectivity index (χ4n) is 2.16. The maximum absolute atomic E-state index is 13.4. The summed E-state index contributed by atoms with van der Waals surface area (Å²) in [5, 5.41) is 0.